The van der Waals surface area contributed by atoms with E-state index in [1.54, 1.807) is 6.20 Å². The highest BCUT2D eigenvalue weighted by atomic mass is 16.3. The molecule has 112 valence electrons. The fourth-order valence-corrected chi connectivity index (χ4v) is 2.35. The second kappa shape index (κ2) is 6.26. The molecule has 1 aromatic heterocycles. The Bertz CT molecular complexity index is 430. The summed E-state index contributed by atoms with van der Waals surface area (Å²) in [6.45, 7) is 5.30. The molecule has 0 spiro atoms. The van der Waals surface area contributed by atoms with Crippen LogP contribution in [0.1, 0.15) is 26.7 Å². The molecule has 1 fully saturated rings. The van der Waals surface area contributed by atoms with Gasteiger partial charge < -0.3 is 15.7 Å². The Morgan fingerprint density at radius 1 is 1.60 bits per heavy atom. The van der Waals surface area contributed by atoms with Crippen molar-refractivity contribution in [3.05, 3.63) is 18.5 Å². The van der Waals surface area contributed by atoms with E-state index in [9.17, 15) is 9.90 Å². The van der Waals surface area contributed by atoms with E-state index in [4.69, 9.17) is 0 Å². The number of aliphatic hydroxyl groups is 1. The van der Waals surface area contributed by atoms with Crippen molar-refractivity contribution in [2.45, 2.75) is 38.8 Å². The molecule has 2 rings (SSSR count). The van der Waals surface area contributed by atoms with Gasteiger partial charge in [0.15, 0.2) is 0 Å². The summed E-state index contributed by atoms with van der Waals surface area (Å²) in [5.41, 5.74) is -0.491. The number of carbonyl (C=O) groups excluding carboxylic acids is 1. The molecule has 1 heterocycles. The Morgan fingerprint density at radius 2 is 2.35 bits per heavy atom. The third-order valence-corrected chi connectivity index (χ3v) is 3.87. The van der Waals surface area contributed by atoms with Crippen molar-refractivity contribution in [2.24, 2.45) is 11.8 Å². The summed E-state index contributed by atoms with van der Waals surface area (Å²) in [6, 6.07) is 1.68. The lowest BCUT2D eigenvalue weighted by atomic mass is 9.97. The first-order valence-corrected chi connectivity index (χ1v) is 7.18. The predicted molar refractivity (Wildman–Crippen MR) is 76.1 cm³/mol. The number of amides is 2. The van der Waals surface area contributed by atoms with Crippen molar-refractivity contribution in [2.75, 3.05) is 13.2 Å². The van der Waals surface area contributed by atoms with E-state index in [1.807, 2.05) is 23.9 Å². The first-order chi connectivity index (χ1) is 9.53. The molecule has 0 aromatic carbocycles. The van der Waals surface area contributed by atoms with Crippen LogP contribution in [0.2, 0.25) is 0 Å². The fraction of sp³-hybridized carbons (Fsp3) is 0.714. The molecule has 0 saturated heterocycles. The second-order valence-corrected chi connectivity index (χ2v) is 6.02. The lowest BCUT2D eigenvalue weighted by molar-refractivity contribution is 0.154. The van der Waals surface area contributed by atoms with Crippen molar-refractivity contribution < 1.29 is 9.90 Å². The van der Waals surface area contributed by atoms with Crippen LogP contribution in [0, 0.1) is 11.8 Å². The molecule has 0 radical (unpaired) electrons. The summed E-state index contributed by atoms with van der Waals surface area (Å²) in [6.07, 6.45) is 5.81. The van der Waals surface area contributed by atoms with Crippen molar-refractivity contribution in [1.29, 1.82) is 0 Å². The fourth-order valence-electron chi connectivity index (χ4n) is 2.35. The van der Waals surface area contributed by atoms with Crippen molar-refractivity contribution in [1.82, 2.24) is 20.4 Å². The smallest absolute Gasteiger partial charge is 0.315 e. The molecule has 2 atom stereocenters. The summed E-state index contributed by atoms with van der Waals surface area (Å²) in [7, 11) is 0. The van der Waals surface area contributed by atoms with Gasteiger partial charge >= 0.3 is 6.03 Å². The number of carbonyl (C=O) groups is 1. The van der Waals surface area contributed by atoms with Crippen LogP contribution in [0.25, 0.3) is 0 Å². The Balaban J connectivity index is 1.71. The molecule has 1 aromatic rings. The maximum Gasteiger partial charge on any atom is 0.315 e. The highest BCUT2D eigenvalue weighted by molar-refractivity contribution is 5.74. The Kier molecular flexibility index (Phi) is 4.65. The summed E-state index contributed by atoms with van der Waals surface area (Å²) in [5.74, 6) is 0.696. The van der Waals surface area contributed by atoms with Gasteiger partial charge in [0.25, 0.3) is 0 Å². The van der Waals surface area contributed by atoms with Crippen LogP contribution in [0.4, 0.5) is 4.79 Å². The maximum absolute atomic E-state index is 11.9. The van der Waals surface area contributed by atoms with Crippen molar-refractivity contribution in [3.8, 4) is 0 Å². The molecular formula is C14H24N4O2. The second-order valence-electron chi connectivity index (χ2n) is 6.02. The number of aromatic nitrogens is 2. The van der Waals surface area contributed by atoms with Crippen LogP contribution in [-0.4, -0.2) is 39.6 Å². The predicted octanol–water partition coefficient (Wildman–Crippen LogP) is 0.979. The van der Waals surface area contributed by atoms with Crippen LogP contribution in [0.3, 0.4) is 0 Å². The van der Waals surface area contributed by atoms with E-state index in [1.165, 1.54) is 0 Å². The average molecular weight is 280 g/mol. The van der Waals surface area contributed by atoms with Crippen LogP contribution >= 0.6 is 0 Å². The van der Waals surface area contributed by atoms with E-state index < -0.39 is 5.54 Å². The summed E-state index contributed by atoms with van der Waals surface area (Å²) in [4.78, 5) is 11.9. The first-order valence-electron chi connectivity index (χ1n) is 7.18. The standard InChI is InChI=1S/C14H24N4O2/c1-11(9-18-7-3-6-16-18)8-15-13(20)17-14(2,10-19)12-4-5-12/h3,6-7,11-12,19H,4-5,8-10H2,1-2H3,(H2,15,17,20). The number of nitrogens with one attached hydrogen (secondary N) is 2. The Labute approximate surface area is 119 Å². The van der Waals surface area contributed by atoms with Crippen LogP contribution < -0.4 is 10.6 Å². The van der Waals surface area contributed by atoms with E-state index in [0.717, 1.165) is 19.4 Å². The third-order valence-electron chi connectivity index (χ3n) is 3.87. The third kappa shape index (κ3) is 3.96. The van der Waals surface area contributed by atoms with Gasteiger partial charge in [-0.3, -0.25) is 4.68 Å². The molecule has 1 aliphatic rings. The van der Waals surface area contributed by atoms with Gasteiger partial charge in [0.1, 0.15) is 0 Å². The van der Waals surface area contributed by atoms with Gasteiger partial charge in [-0.05, 0) is 37.7 Å². The number of hydrogen-bond acceptors (Lipinski definition) is 3. The van der Waals surface area contributed by atoms with Gasteiger partial charge in [0.05, 0.1) is 12.1 Å². The molecule has 0 aliphatic heterocycles. The summed E-state index contributed by atoms with van der Waals surface area (Å²) in [5, 5.41) is 19.3. The van der Waals surface area contributed by atoms with Gasteiger partial charge in [-0.25, -0.2) is 4.79 Å². The lowest BCUT2D eigenvalue weighted by Gasteiger charge is -2.29. The zero-order chi connectivity index (χ0) is 14.6. The SMILES string of the molecule is CC(CNC(=O)NC(C)(CO)C1CC1)Cn1cccn1. The number of rotatable bonds is 7. The van der Waals surface area contributed by atoms with Crippen molar-refractivity contribution in [3.63, 3.8) is 0 Å². The van der Waals surface area contributed by atoms with Gasteiger partial charge in [-0.2, -0.15) is 5.10 Å². The number of urea groups is 1. The normalized spacial score (nSPS) is 19.1. The quantitative estimate of drug-likeness (QED) is 0.696. The zero-order valence-corrected chi connectivity index (χ0v) is 12.2. The monoisotopic (exact) mass is 280 g/mol. The number of nitrogens with zero attached hydrogens (tertiary/aromatic N) is 2. The minimum absolute atomic E-state index is 0.0199. The molecule has 6 nitrogen and oxygen atoms in total. The van der Waals surface area contributed by atoms with Crippen LogP contribution in [-0.2, 0) is 6.54 Å². The molecule has 3 N–H and O–H groups in total. The Morgan fingerprint density at radius 3 is 2.90 bits per heavy atom. The summed E-state index contributed by atoms with van der Waals surface area (Å²) < 4.78 is 1.85. The van der Waals surface area contributed by atoms with Crippen LogP contribution in [0.15, 0.2) is 18.5 Å². The first kappa shape index (κ1) is 14.8. The van der Waals surface area contributed by atoms with E-state index in [-0.39, 0.29) is 12.6 Å². The van der Waals surface area contributed by atoms with Crippen molar-refractivity contribution >= 4 is 6.03 Å². The van der Waals surface area contributed by atoms with Crippen LogP contribution in [0.5, 0.6) is 0 Å². The highest BCUT2D eigenvalue weighted by Crippen LogP contribution is 2.39. The lowest BCUT2D eigenvalue weighted by Crippen LogP contribution is -2.54. The largest absolute Gasteiger partial charge is 0.394 e. The summed E-state index contributed by atoms with van der Waals surface area (Å²) >= 11 is 0. The molecule has 1 saturated carbocycles. The number of hydrogen-bond donors (Lipinski definition) is 3. The maximum atomic E-state index is 11.9. The molecule has 1 aliphatic carbocycles. The molecule has 0 bridgehead atoms. The van der Waals surface area contributed by atoms with Gasteiger partial charge in [-0.15, -0.1) is 0 Å². The van der Waals surface area contributed by atoms with E-state index in [2.05, 4.69) is 22.7 Å². The zero-order valence-electron chi connectivity index (χ0n) is 12.2. The van der Waals surface area contributed by atoms with E-state index >= 15 is 0 Å². The minimum atomic E-state index is -0.491. The minimum Gasteiger partial charge on any atom is -0.394 e. The van der Waals surface area contributed by atoms with Gasteiger partial charge in [0, 0.05) is 25.5 Å². The average Bonchev–Trinajstić information content (AvgIpc) is 3.17. The molecule has 20 heavy (non-hydrogen) atoms. The van der Waals surface area contributed by atoms with Gasteiger partial charge in [0.2, 0.25) is 0 Å². The molecule has 6 heteroatoms. The number of aliphatic hydroxyl groups excluding tert-OH is 1. The Hall–Kier alpha value is -1.56. The van der Waals surface area contributed by atoms with E-state index in [0.29, 0.717) is 18.4 Å². The highest BCUT2D eigenvalue weighted by Gasteiger charge is 2.42. The topological polar surface area (TPSA) is 79.2 Å². The molecule has 2 amide bonds. The van der Waals surface area contributed by atoms with Gasteiger partial charge in [-0.1, -0.05) is 6.92 Å². The molecular weight excluding hydrogens is 256 g/mol. The molecule has 2 unspecified atom stereocenters.